The molecule has 0 bridgehead atoms. The highest BCUT2D eigenvalue weighted by Gasteiger charge is 2.19. The predicted octanol–water partition coefficient (Wildman–Crippen LogP) is 3.75. The third kappa shape index (κ3) is 4.97. The Bertz CT molecular complexity index is 981. The molecule has 2 aromatic carbocycles. The van der Waals surface area contributed by atoms with E-state index < -0.39 is 10.0 Å². The van der Waals surface area contributed by atoms with Crippen LogP contribution in [0.15, 0.2) is 47.4 Å². The van der Waals surface area contributed by atoms with Crippen LogP contribution in [0.4, 0.5) is 11.4 Å². The summed E-state index contributed by atoms with van der Waals surface area (Å²) in [6.07, 6.45) is 5.67. The molecule has 1 amide bonds. The van der Waals surface area contributed by atoms with Crippen molar-refractivity contribution in [2.45, 2.75) is 50.0 Å². The van der Waals surface area contributed by atoms with E-state index >= 15 is 0 Å². The molecule has 2 heterocycles. The Morgan fingerprint density at radius 1 is 0.931 bits per heavy atom. The van der Waals surface area contributed by atoms with Crippen LogP contribution in [0.1, 0.15) is 43.2 Å². The van der Waals surface area contributed by atoms with E-state index in [0.29, 0.717) is 30.6 Å². The van der Waals surface area contributed by atoms with Crippen LogP contribution in [-0.2, 0) is 27.8 Å². The molecular weight excluding hydrogens is 386 g/mol. The third-order valence-corrected chi connectivity index (χ3v) is 6.95. The molecule has 0 saturated carbocycles. The molecule has 0 spiro atoms. The van der Waals surface area contributed by atoms with Crippen molar-refractivity contribution >= 4 is 27.3 Å². The van der Waals surface area contributed by atoms with Crippen molar-refractivity contribution in [2.75, 3.05) is 23.1 Å². The first kappa shape index (κ1) is 19.9. The van der Waals surface area contributed by atoms with Crippen molar-refractivity contribution in [1.29, 1.82) is 0 Å². The Morgan fingerprint density at radius 2 is 1.69 bits per heavy atom. The van der Waals surface area contributed by atoms with E-state index in [9.17, 15) is 13.2 Å². The summed E-state index contributed by atoms with van der Waals surface area (Å²) < 4.78 is 28.3. The number of carbonyl (C=O) groups excluding carboxylic acids is 1. The lowest BCUT2D eigenvalue weighted by Crippen LogP contribution is -2.29. The fourth-order valence-electron chi connectivity index (χ4n) is 3.99. The zero-order chi connectivity index (χ0) is 20.3. The van der Waals surface area contributed by atoms with Crippen molar-refractivity contribution < 1.29 is 13.2 Å². The van der Waals surface area contributed by atoms with Gasteiger partial charge in [0.2, 0.25) is 5.91 Å². The number of aryl methyl sites for hydroxylation is 1. The Hall–Kier alpha value is -2.38. The molecule has 0 aliphatic carbocycles. The maximum Gasteiger partial charge on any atom is 0.261 e. The Morgan fingerprint density at radius 3 is 2.45 bits per heavy atom. The number of nitrogens with zero attached hydrogens (tertiary/aromatic N) is 1. The average molecular weight is 414 g/mol. The number of anilines is 2. The fourth-order valence-corrected chi connectivity index (χ4v) is 5.09. The second-order valence-electron chi connectivity index (χ2n) is 7.86. The number of piperidine rings is 1. The van der Waals surface area contributed by atoms with E-state index in [4.69, 9.17) is 0 Å². The van der Waals surface area contributed by atoms with E-state index in [-0.39, 0.29) is 10.8 Å². The van der Waals surface area contributed by atoms with Gasteiger partial charge in [0.1, 0.15) is 0 Å². The van der Waals surface area contributed by atoms with Crippen molar-refractivity contribution in [2.24, 2.45) is 0 Å². The Balaban J connectivity index is 1.45. The molecule has 2 aliphatic rings. The molecule has 2 aliphatic heterocycles. The number of hydrogen-bond donors (Lipinski definition) is 2. The number of sulfonamides is 1. The summed E-state index contributed by atoms with van der Waals surface area (Å²) in [5, 5.41) is 2.83. The lowest BCUT2D eigenvalue weighted by Gasteiger charge is -2.26. The molecular formula is C22H27N3O3S. The molecule has 0 radical (unpaired) electrons. The lowest BCUT2D eigenvalue weighted by atomic mass is 10.1. The second-order valence-corrected chi connectivity index (χ2v) is 9.54. The van der Waals surface area contributed by atoms with Crippen LogP contribution in [0.25, 0.3) is 0 Å². The van der Waals surface area contributed by atoms with Gasteiger partial charge in [-0.2, -0.15) is 0 Å². The van der Waals surface area contributed by atoms with Gasteiger partial charge in [-0.15, -0.1) is 0 Å². The first-order valence-electron chi connectivity index (χ1n) is 10.3. The van der Waals surface area contributed by atoms with Crippen LogP contribution in [0.5, 0.6) is 0 Å². The SMILES string of the molecule is O=C1CCCc2cc(S(=O)(=O)Nc3ccc(CN4CCCCC4)cc3)ccc2N1. The van der Waals surface area contributed by atoms with Gasteiger partial charge in [-0.05, 0) is 80.2 Å². The smallest absolute Gasteiger partial charge is 0.261 e. The van der Waals surface area contributed by atoms with Gasteiger partial charge in [0.05, 0.1) is 4.90 Å². The molecule has 2 N–H and O–H groups in total. The number of amides is 1. The van der Waals surface area contributed by atoms with Crippen molar-refractivity contribution in [3.63, 3.8) is 0 Å². The number of likely N-dealkylation sites (tertiary alicyclic amines) is 1. The Kier molecular flexibility index (Phi) is 5.87. The van der Waals surface area contributed by atoms with Gasteiger partial charge in [0, 0.05) is 24.3 Å². The first-order chi connectivity index (χ1) is 14.0. The van der Waals surface area contributed by atoms with Crippen molar-refractivity contribution in [3.8, 4) is 0 Å². The van der Waals surface area contributed by atoms with Gasteiger partial charge in [-0.3, -0.25) is 14.4 Å². The van der Waals surface area contributed by atoms with Gasteiger partial charge in [-0.25, -0.2) is 8.42 Å². The van der Waals surface area contributed by atoms with Crippen molar-refractivity contribution in [3.05, 3.63) is 53.6 Å². The molecule has 1 fully saturated rings. The molecule has 4 rings (SSSR count). The molecule has 0 aromatic heterocycles. The number of carbonyl (C=O) groups is 1. The molecule has 7 heteroatoms. The average Bonchev–Trinajstić information content (AvgIpc) is 2.90. The minimum Gasteiger partial charge on any atom is -0.326 e. The summed E-state index contributed by atoms with van der Waals surface area (Å²) >= 11 is 0. The topological polar surface area (TPSA) is 78.5 Å². The standard InChI is InChI=1S/C22H27N3O3S/c26-22-6-4-5-18-15-20(11-12-21(18)23-22)29(27,28)24-19-9-7-17(8-10-19)16-25-13-2-1-3-14-25/h7-12,15,24H,1-6,13-14,16H2,(H,23,26). The minimum absolute atomic E-state index is 0.0258. The number of nitrogens with one attached hydrogen (secondary N) is 2. The van der Waals surface area contributed by atoms with Crippen LogP contribution in [0.2, 0.25) is 0 Å². The van der Waals surface area contributed by atoms with Crippen LogP contribution < -0.4 is 10.0 Å². The van der Waals surface area contributed by atoms with Gasteiger partial charge < -0.3 is 5.32 Å². The molecule has 1 saturated heterocycles. The Labute approximate surface area is 172 Å². The minimum atomic E-state index is -3.69. The highest BCUT2D eigenvalue weighted by atomic mass is 32.2. The van der Waals surface area contributed by atoms with Crippen LogP contribution in [0.3, 0.4) is 0 Å². The van der Waals surface area contributed by atoms with Crippen LogP contribution >= 0.6 is 0 Å². The summed E-state index contributed by atoms with van der Waals surface area (Å²) in [6, 6.07) is 12.5. The van der Waals surface area contributed by atoms with E-state index in [1.54, 1.807) is 12.1 Å². The lowest BCUT2D eigenvalue weighted by molar-refractivity contribution is -0.116. The van der Waals surface area contributed by atoms with E-state index in [2.05, 4.69) is 14.9 Å². The zero-order valence-corrected chi connectivity index (χ0v) is 17.3. The number of fused-ring (bicyclic) bond motifs is 1. The predicted molar refractivity (Wildman–Crippen MR) is 114 cm³/mol. The summed E-state index contributed by atoms with van der Waals surface area (Å²) in [5.74, 6) is -0.0258. The highest BCUT2D eigenvalue weighted by molar-refractivity contribution is 7.92. The van der Waals surface area contributed by atoms with Gasteiger partial charge in [0.25, 0.3) is 10.0 Å². The molecule has 29 heavy (non-hydrogen) atoms. The highest BCUT2D eigenvalue weighted by Crippen LogP contribution is 2.26. The number of rotatable bonds is 5. The molecule has 0 unspecified atom stereocenters. The van der Waals surface area contributed by atoms with E-state index in [1.807, 2.05) is 24.3 Å². The number of benzene rings is 2. The van der Waals surface area contributed by atoms with Gasteiger partial charge >= 0.3 is 0 Å². The quantitative estimate of drug-likeness (QED) is 0.783. The second kappa shape index (κ2) is 8.55. The largest absolute Gasteiger partial charge is 0.326 e. The molecule has 154 valence electrons. The maximum absolute atomic E-state index is 12.8. The van der Waals surface area contributed by atoms with Gasteiger partial charge in [0.15, 0.2) is 0 Å². The molecule has 0 atom stereocenters. The van der Waals surface area contributed by atoms with E-state index in [0.717, 1.165) is 25.2 Å². The molecule has 2 aromatic rings. The maximum atomic E-state index is 12.8. The van der Waals surface area contributed by atoms with Crippen LogP contribution in [-0.4, -0.2) is 32.3 Å². The summed E-state index contributed by atoms with van der Waals surface area (Å²) in [5.41, 5.74) is 3.30. The summed E-state index contributed by atoms with van der Waals surface area (Å²) in [7, 11) is -3.69. The number of hydrogen-bond acceptors (Lipinski definition) is 4. The zero-order valence-electron chi connectivity index (χ0n) is 16.5. The third-order valence-electron chi connectivity index (χ3n) is 5.57. The van der Waals surface area contributed by atoms with Crippen molar-refractivity contribution in [1.82, 2.24) is 4.90 Å². The van der Waals surface area contributed by atoms with E-state index in [1.165, 1.54) is 30.9 Å². The summed E-state index contributed by atoms with van der Waals surface area (Å²) in [6.45, 7) is 3.17. The van der Waals surface area contributed by atoms with Crippen LogP contribution in [0, 0.1) is 0 Å². The summed E-state index contributed by atoms with van der Waals surface area (Å²) in [4.78, 5) is 14.3. The fraction of sp³-hybridized carbons (Fsp3) is 0.409. The van der Waals surface area contributed by atoms with Gasteiger partial charge in [-0.1, -0.05) is 18.6 Å². The monoisotopic (exact) mass is 413 g/mol. The molecule has 6 nitrogen and oxygen atoms in total. The first-order valence-corrected chi connectivity index (χ1v) is 11.7. The normalized spacial score (nSPS) is 17.9.